The summed E-state index contributed by atoms with van der Waals surface area (Å²) in [7, 11) is 0. The molecule has 0 spiro atoms. The third-order valence-electron chi connectivity index (χ3n) is 4.12. The van der Waals surface area contributed by atoms with Crippen LogP contribution in [0.5, 0.6) is 0 Å². The molecule has 2 rings (SSSR count). The van der Waals surface area contributed by atoms with Crippen molar-refractivity contribution in [1.82, 2.24) is 10.3 Å². The molecule has 1 amide bonds. The van der Waals surface area contributed by atoms with E-state index in [-0.39, 0.29) is 11.9 Å². The molecule has 1 N–H and O–H groups in total. The lowest BCUT2D eigenvalue weighted by Crippen LogP contribution is -2.44. The maximum atomic E-state index is 12.2. The highest BCUT2D eigenvalue weighted by Crippen LogP contribution is 2.30. The lowest BCUT2D eigenvalue weighted by molar-refractivity contribution is 0.0884. The van der Waals surface area contributed by atoms with E-state index in [1.165, 1.54) is 25.5 Å². The van der Waals surface area contributed by atoms with Gasteiger partial charge in [-0.2, -0.15) is 5.26 Å². The van der Waals surface area contributed by atoms with Gasteiger partial charge in [0.25, 0.3) is 5.91 Å². The summed E-state index contributed by atoms with van der Waals surface area (Å²) in [4.78, 5) is 16.3. The smallest absolute Gasteiger partial charge is 0.270 e. The van der Waals surface area contributed by atoms with Crippen molar-refractivity contribution in [3.8, 4) is 6.07 Å². The minimum Gasteiger partial charge on any atom is -0.348 e. The number of hydrogen-bond acceptors (Lipinski definition) is 3. The van der Waals surface area contributed by atoms with Gasteiger partial charge in [-0.1, -0.05) is 26.7 Å². The molecule has 4 heteroatoms. The highest BCUT2D eigenvalue weighted by atomic mass is 16.1. The molecular weight excluding hydrogens is 250 g/mol. The van der Waals surface area contributed by atoms with Crippen LogP contribution in [0.3, 0.4) is 0 Å². The number of aromatic nitrogens is 1. The van der Waals surface area contributed by atoms with Crippen LogP contribution in [-0.2, 0) is 0 Å². The van der Waals surface area contributed by atoms with Gasteiger partial charge in [-0.25, -0.2) is 4.98 Å². The molecule has 0 radical (unpaired) electrons. The molecule has 4 nitrogen and oxygen atoms in total. The van der Waals surface area contributed by atoms with E-state index >= 15 is 0 Å². The van der Waals surface area contributed by atoms with Gasteiger partial charge in [0.05, 0.1) is 5.56 Å². The zero-order valence-electron chi connectivity index (χ0n) is 12.1. The highest BCUT2D eigenvalue weighted by molar-refractivity contribution is 5.92. The van der Waals surface area contributed by atoms with E-state index in [9.17, 15) is 4.79 Å². The molecule has 1 aromatic heterocycles. The summed E-state index contributed by atoms with van der Waals surface area (Å²) in [6.45, 7) is 4.43. The number of nitriles is 1. The van der Waals surface area contributed by atoms with Crippen LogP contribution in [0.2, 0.25) is 0 Å². The Morgan fingerprint density at radius 2 is 2.15 bits per heavy atom. The molecule has 0 bridgehead atoms. The number of carbonyl (C=O) groups excluding carboxylic acids is 1. The van der Waals surface area contributed by atoms with Gasteiger partial charge in [0.2, 0.25) is 0 Å². The SMILES string of the molecule is CC(C)C1CCCCC1NC(=O)c1ccc(C#N)cn1. The van der Waals surface area contributed by atoms with Crippen molar-refractivity contribution in [1.29, 1.82) is 5.26 Å². The monoisotopic (exact) mass is 271 g/mol. The van der Waals surface area contributed by atoms with Gasteiger partial charge in [0.15, 0.2) is 0 Å². The third-order valence-corrected chi connectivity index (χ3v) is 4.12. The Morgan fingerprint density at radius 3 is 2.75 bits per heavy atom. The van der Waals surface area contributed by atoms with Crippen LogP contribution in [0.1, 0.15) is 55.6 Å². The molecule has 20 heavy (non-hydrogen) atoms. The predicted octanol–water partition coefficient (Wildman–Crippen LogP) is 2.90. The first-order chi connectivity index (χ1) is 9.61. The largest absolute Gasteiger partial charge is 0.348 e. The van der Waals surface area contributed by atoms with Gasteiger partial charge < -0.3 is 5.32 Å². The fourth-order valence-corrected chi connectivity index (χ4v) is 2.97. The normalized spacial score (nSPS) is 22.3. The molecule has 1 saturated carbocycles. The van der Waals surface area contributed by atoms with E-state index in [0.29, 0.717) is 23.1 Å². The molecule has 0 saturated heterocycles. The van der Waals surface area contributed by atoms with E-state index in [2.05, 4.69) is 24.1 Å². The van der Waals surface area contributed by atoms with E-state index in [1.807, 2.05) is 6.07 Å². The molecule has 2 atom stereocenters. The minimum absolute atomic E-state index is 0.132. The van der Waals surface area contributed by atoms with E-state index in [1.54, 1.807) is 12.1 Å². The summed E-state index contributed by atoms with van der Waals surface area (Å²) in [6.07, 6.45) is 6.10. The molecule has 1 fully saturated rings. The van der Waals surface area contributed by atoms with E-state index < -0.39 is 0 Å². The topological polar surface area (TPSA) is 65.8 Å². The maximum absolute atomic E-state index is 12.2. The fourth-order valence-electron chi connectivity index (χ4n) is 2.97. The van der Waals surface area contributed by atoms with E-state index in [0.717, 1.165) is 6.42 Å². The molecule has 1 aromatic rings. The predicted molar refractivity (Wildman–Crippen MR) is 77.0 cm³/mol. The average molecular weight is 271 g/mol. The van der Waals surface area contributed by atoms with Gasteiger partial charge >= 0.3 is 0 Å². The summed E-state index contributed by atoms with van der Waals surface area (Å²) >= 11 is 0. The Hall–Kier alpha value is -1.89. The molecule has 1 aliphatic carbocycles. The van der Waals surface area contributed by atoms with Crippen molar-refractivity contribution in [3.63, 3.8) is 0 Å². The second kappa shape index (κ2) is 6.51. The van der Waals surface area contributed by atoms with Crippen LogP contribution in [0.15, 0.2) is 18.3 Å². The number of rotatable bonds is 3. The fraction of sp³-hybridized carbons (Fsp3) is 0.562. The van der Waals surface area contributed by atoms with Crippen LogP contribution in [0, 0.1) is 23.2 Å². The van der Waals surface area contributed by atoms with Crippen LogP contribution in [0.4, 0.5) is 0 Å². The van der Waals surface area contributed by atoms with Crippen molar-refractivity contribution in [2.75, 3.05) is 0 Å². The van der Waals surface area contributed by atoms with Crippen LogP contribution in [0.25, 0.3) is 0 Å². The zero-order chi connectivity index (χ0) is 14.5. The average Bonchev–Trinajstić information content (AvgIpc) is 2.47. The second-order valence-electron chi connectivity index (χ2n) is 5.82. The molecule has 0 aliphatic heterocycles. The standard InChI is InChI=1S/C16H21N3O/c1-11(2)13-5-3-4-6-14(13)19-16(20)15-8-7-12(9-17)10-18-15/h7-8,10-11,13-14H,3-6H2,1-2H3,(H,19,20). The molecule has 0 aromatic carbocycles. The van der Waals surface area contributed by atoms with Crippen molar-refractivity contribution < 1.29 is 4.79 Å². The first-order valence-electron chi connectivity index (χ1n) is 7.29. The molecule has 2 unspecified atom stereocenters. The summed E-state index contributed by atoms with van der Waals surface area (Å²) in [5.41, 5.74) is 0.858. The molecular formula is C16H21N3O. The van der Waals surface area contributed by atoms with Gasteiger partial charge in [-0.05, 0) is 36.8 Å². The van der Waals surface area contributed by atoms with Gasteiger partial charge in [-0.3, -0.25) is 4.79 Å². The molecule has 106 valence electrons. The lowest BCUT2D eigenvalue weighted by atomic mass is 9.78. The lowest BCUT2D eigenvalue weighted by Gasteiger charge is -2.34. The highest BCUT2D eigenvalue weighted by Gasteiger charge is 2.29. The van der Waals surface area contributed by atoms with E-state index in [4.69, 9.17) is 5.26 Å². The number of hydrogen-bond donors (Lipinski definition) is 1. The Kier molecular flexibility index (Phi) is 4.73. The zero-order valence-corrected chi connectivity index (χ0v) is 12.1. The van der Waals surface area contributed by atoms with Crippen molar-refractivity contribution in [2.24, 2.45) is 11.8 Å². The number of nitrogens with one attached hydrogen (secondary N) is 1. The summed E-state index contributed by atoms with van der Waals surface area (Å²) in [5.74, 6) is 0.993. The van der Waals surface area contributed by atoms with Crippen LogP contribution >= 0.6 is 0 Å². The molecule has 1 heterocycles. The summed E-state index contributed by atoms with van der Waals surface area (Å²) in [6, 6.07) is 5.49. The van der Waals surface area contributed by atoms with Crippen molar-refractivity contribution in [3.05, 3.63) is 29.6 Å². The number of nitrogens with zero attached hydrogens (tertiary/aromatic N) is 2. The summed E-state index contributed by atoms with van der Waals surface area (Å²) in [5, 5.41) is 11.9. The molecule has 1 aliphatic rings. The Labute approximate surface area is 120 Å². The number of pyridine rings is 1. The van der Waals surface area contributed by atoms with Gasteiger partial charge in [0.1, 0.15) is 11.8 Å². The maximum Gasteiger partial charge on any atom is 0.270 e. The summed E-state index contributed by atoms with van der Waals surface area (Å²) < 4.78 is 0. The van der Waals surface area contributed by atoms with Crippen molar-refractivity contribution >= 4 is 5.91 Å². The van der Waals surface area contributed by atoms with Crippen molar-refractivity contribution in [2.45, 2.75) is 45.6 Å². The van der Waals surface area contributed by atoms with Crippen LogP contribution < -0.4 is 5.32 Å². The third kappa shape index (κ3) is 3.36. The van der Waals surface area contributed by atoms with Crippen LogP contribution in [-0.4, -0.2) is 16.9 Å². The first-order valence-corrected chi connectivity index (χ1v) is 7.29. The van der Waals surface area contributed by atoms with Gasteiger partial charge in [0, 0.05) is 12.2 Å². The number of amides is 1. The second-order valence-corrected chi connectivity index (χ2v) is 5.82. The first kappa shape index (κ1) is 14.5. The Bertz CT molecular complexity index is 501. The Balaban J connectivity index is 2.03. The number of carbonyl (C=O) groups is 1. The quantitative estimate of drug-likeness (QED) is 0.919. The minimum atomic E-state index is -0.132. The Morgan fingerprint density at radius 1 is 1.40 bits per heavy atom. The van der Waals surface area contributed by atoms with Gasteiger partial charge in [-0.15, -0.1) is 0 Å².